The third-order valence-corrected chi connectivity index (χ3v) is 22.8. The minimum Gasteiger partial charge on any atom is -0.481 e. The van der Waals surface area contributed by atoms with Crippen LogP contribution >= 0.6 is 0 Å². The molecule has 32 heteroatoms. The standard InChI is InChI=1S/C87H140N14O18/c1-11-13-14-15-25-38-73(105)100-46-28-34-59(53-100)78(110)94-66(49-58-32-22-19-23-33-58)81(113)93-65(37-29-45-98(8)9)79(111)96-68(47-55(3)4)84(116)101-54-61(119-75(108)39-26-17-16-24-35-62-63(72(104)52-71(62)103)43-42-60(102)41-40-57-30-20-18-21-31-57)50-70(101)85(117)99(10)69(48-56(5)6)83(115)95-67(51-74(106)107)82(114)92-64(36-27-44-91-86(89)90)80(112)97-76(77(88)109)87(7,118)12-2/h16,18-24,30-33,55-56,59-72,76,102-104,118H,11-15,17,25-29,34-54H2,1-10H3,(H2,88,109)(H,92,114)(H,93,113)(H,94,110)(H,95,115)(H,96,111)(H,97,112)(H,106,107)(H4,89,90,91)/b24-16-/t59-,60-,61+,62+,63+,64-,65+,66-,67-,68-,69-,70-,71-,72+,76+,87-/m0/s1. The van der Waals surface area contributed by atoms with Gasteiger partial charge in [-0.3, -0.25) is 62.5 Å². The molecule has 0 aromatic heterocycles. The number of hydrogen-bond acceptors (Lipinski definition) is 19. The summed E-state index contributed by atoms with van der Waals surface area (Å²) < 4.78 is 6.10. The molecule has 16 atom stereocenters. The van der Waals surface area contributed by atoms with Crippen molar-refractivity contribution >= 4 is 77.0 Å². The summed E-state index contributed by atoms with van der Waals surface area (Å²) in [6, 6.07) is 6.80. The van der Waals surface area contributed by atoms with Gasteiger partial charge < -0.3 is 99.0 Å². The number of esters is 1. The van der Waals surface area contributed by atoms with E-state index < -0.39 is 156 Å². The highest BCUT2D eigenvalue weighted by Gasteiger charge is 2.48. The highest BCUT2D eigenvalue weighted by Crippen LogP contribution is 2.39. The van der Waals surface area contributed by atoms with Crippen LogP contribution in [-0.4, -0.2) is 254 Å². The number of nitrogens with one attached hydrogen (secondary N) is 6. The van der Waals surface area contributed by atoms with Gasteiger partial charge in [0, 0.05) is 52.4 Å². The molecular formula is C87H140N14O18. The largest absolute Gasteiger partial charge is 0.481 e. The van der Waals surface area contributed by atoms with Gasteiger partial charge in [-0.05, 0) is 178 Å². The summed E-state index contributed by atoms with van der Waals surface area (Å²) in [6.07, 6.45) is 9.15. The van der Waals surface area contributed by atoms with Crippen molar-refractivity contribution < 1.29 is 87.8 Å². The molecule has 5 rings (SSSR count). The summed E-state index contributed by atoms with van der Waals surface area (Å²) in [6.45, 7) is 12.8. The Labute approximate surface area is 702 Å². The van der Waals surface area contributed by atoms with E-state index in [1.54, 1.807) is 30.9 Å². The number of benzene rings is 2. The number of unbranched alkanes of at least 4 members (excludes halogenated alkanes) is 5. The van der Waals surface area contributed by atoms with Crippen molar-refractivity contribution in [2.45, 2.75) is 300 Å². The van der Waals surface area contributed by atoms with Gasteiger partial charge in [0.15, 0.2) is 5.96 Å². The van der Waals surface area contributed by atoms with E-state index >= 15 is 14.4 Å². The first kappa shape index (κ1) is 100. The summed E-state index contributed by atoms with van der Waals surface area (Å²) in [5.74, 6) is -12.2. The van der Waals surface area contributed by atoms with Crippen molar-refractivity contribution in [3.8, 4) is 0 Å². The maximum Gasteiger partial charge on any atom is 0.306 e. The molecule has 32 nitrogen and oxygen atoms in total. The maximum atomic E-state index is 15.8. The van der Waals surface area contributed by atoms with Gasteiger partial charge in [0.25, 0.3) is 0 Å². The first-order chi connectivity index (χ1) is 56.4. The molecule has 3 fully saturated rings. The number of primary amides is 1. The number of carbonyl (C=O) groups excluding carboxylic acids is 11. The van der Waals surface area contributed by atoms with Gasteiger partial charge in [-0.15, -0.1) is 0 Å². The zero-order valence-electron chi connectivity index (χ0n) is 71.9. The number of carbonyl (C=O) groups is 12. The Kier molecular flexibility index (Phi) is 43.5. The van der Waals surface area contributed by atoms with E-state index in [0.29, 0.717) is 89.3 Å². The molecule has 17 N–H and O–H groups in total. The van der Waals surface area contributed by atoms with Crippen molar-refractivity contribution in [1.29, 1.82) is 0 Å². The van der Waals surface area contributed by atoms with E-state index in [9.17, 15) is 68.7 Å². The fraction of sp³-hybridized carbons (Fsp3) is 0.690. The predicted octanol–water partition coefficient (Wildman–Crippen LogP) is 3.93. The predicted molar refractivity (Wildman–Crippen MR) is 451 cm³/mol. The fourth-order valence-corrected chi connectivity index (χ4v) is 15.8. The Morgan fingerprint density at radius 1 is 0.655 bits per heavy atom. The van der Waals surface area contributed by atoms with Gasteiger partial charge in [0.05, 0.1) is 42.8 Å². The van der Waals surface area contributed by atoms with E-state index in [1.165, 1.54) is 25.8 Å². The van der Waals surface area contributed by atoms with Crippen LogP contribution in [0.15, 0.2) is 77.8 Å². The van der Waals surface area contributed by atoms with Crippen LogP contribution < -0.4 is 49.1 Å². The smallest absolute Gasteiger partial charge is 0.306 e. The molecular weight excluding hydrogens is 1530 g/mol. The number of aliphatic imine (C=N–C) groups is 1. The zero-order chi connectivity index (χ0) is 88.1. The molecule has 0 radical (unpaired) electrons. The molecule has 0 spiro atoms. The summed E-state index contributed by atoms with van der Waals surface area (Å²) in [5, 5.41) is 70.3. The Morgan fingerprint density at radius 2 is 1.25 bits per heavy atom. The SMILES string of the molecule is CCCCCCCC(=O)N1CCC[C@H](C(=O)N[C@@H](Cc2ccccc2)C(=O)N[C@H](CCCN(C)C)C(=O)N[C@@H](CC(C)C)C(=O)N2C[C@H](OC(=O)CCC/C=C\C[C@@H]3[C@@H](CC[C@@H](O)CCc4ccccc4)[C@H](O)C[C@@H]3O)C[C@H]2C(=O)N(C)[C@@H](CC(C)C)C(=O)N[C@@H](CC(=O)O)C(=O)N[C@@H](CCCN=C(N)N)C(=O)N[C@H](C(N)=O)[C@@](C)(O)CC)C1. The number of nitrogens with two attached hydrogens (primary N) is 3. The molecule has 2 aromatic carbocycles. The van der Waals surface area contributed by atoms with Crippen molar-refractivity contribution in [2.24, 2.45) is 51.8 Å². The second-order valence-electron chi connectivity index (χ2n) is 34.0. The zero-order valence-corrected chi connectivity index (χ0v) is 71.9. The number of aliphatic carboxylic acids is 1. The lowest BCUT2D eigenvalue weighted by atomic mass is 9.85. The van der Waals surface area contributed by atoms with Gasteiger partial charge in [-0.25, -0.2) is 0 Å². The van der Waals surface area contributed by atoms with E-state index in [4.69, 9.17) is 21.9 Å². The summed E-state index contributed by atoms with van der Waals surface area (Å²) in [4.78, 5) is 182. The Morgan fingerprint density at radius 3 is 1.87 bits per heavy atom. The van der Waals surface area contributed by atoms with Gasteiger partial charge >= 0.3 is 11.9 Å². The maximum absolute atomic E-state index is 15.8. The number of carboxylic acids is 1. The first-order valence-electron chi connectivity index (χ1n) is 43.0. The first-order valence-corrected chi connectivity index (χ1v) is 43.0. The second kappa shape index (κ2) is 51.5. The molecule has 10 amide bonds. The minimum atomic E-state index is -1.93. The molecule has 119 heavy (non-hydrogen) atoms. The molecule has 666 valence electrons. The number of likely N-dealkylation sites (tertiary alicyclic amines) is 2. The van der Waals surface area contributed by atoms with E-state index in [0.717, 1.165) is 42.6 Å². The van der Waals surface area contributed by atoms with Crippen molar-refractivity contribution in [3.63, 3.8) is 0 Å². The number of guanidine groups is 1. The molecule has 2 aliphatic heterocycles. The number of rotatable bonds is 53. The number of aliphatic hydroxyl groups is 4. The van der Waals surface area contributed by atoms with Crippen LogP contribution in [0.25, 0.3) is 0 Å². The lowest BCUT2D eigenvalue weighted by Gasteiger charge is -2.35. The number of allylic oxidation sites excluding steroid dienone is 2. The Balaban J connectivity index is 1.45. The number of aliphatic hydroxyl groups excluding tert-OH is 3. The van der Waals surface area contributed by atoms with Crippen LogP contribution in [0.5, 0.6) is 0 Å². The molecule has 2 aromatic rings. The topological polar surface area (TPSA) is 491 Å². The van der Waals surface area contributed by atoms with Gasteiger partial charge in [-0.2, -0.15) is 0 Å². The van der Waals surface area contributed by atoms with Crippen LogP contribution in [0.2, 0.25) is 0 Å². The van der Waals surface area contributed by atoms with E-state index in [-0.39, 0.29) is 119 Å². The number of nitrogens with zero attached hydrogens (tertiary/aromatic N) is 5. The third-order valence-electron chi connectivity index (χ3n) is 22.8. The molecule has 2 heterocycles. The Bertz CT molecular complexity index is 3620. The molecule has 2 saturated heterocycles. The van der Waals surface area contributed by atoms with Crippen LogP contribution in [0.1, 0.15) is 220 Å². The summed E-state index contributed by atoms with van der Waals surface area (Å²) in [7, 11) is 4.97. The highest BCUT2D eigenvalue weighted by atomic mass is 16.5. The number of hydrogen-bond donors (Lipinski definition) is 14. The van der Waals surface area contributed by atoms with Crippen molar-refractivity contribution in [3.05, 3.63) is 83.9 Å². The number of amides is 10. The molecule has 1 aliphatic carbocycles. The van der Waals surface area contributed by atoms with E-state index in [1.807, 2.05) is 93.5 Å². The number of aryl methyl sites for hydroxylation is 1. The van der Waals surface area contributed by atoms with Crippen LogP contribution in [-0.2, 0) is 75.1 Å². The normalized spacial score (nSPS) is 20.5. The summed E-state index contributed by atoms with van der Waals surface area (Å²) >= 11 is 0. The third kappa shape index (κ3) is 34.9. The lowest BCUT2D eigenvalue weighted by Crippen LogP contribution is -2.62. The number of carboxylic acid groups (broad SMARTS) is 1. The van der Waals surface area contributed by atoms with Gasteiger partial charge in [0.1, 0.15) is 54.4 Å². The van der Waals surface area contributed by atoms with Crippen LogP contribution in [0.3, 0.4) is 0 Å². The van der Waals surface area contributed by atoms with Gasteiger partial charge in [-0.1, -0.05) is 140 Å². The number of likely N-dealkylation sites (N-methyl/N-ethyl adjacent to an activating group) is 1. The fourth-order valence-electron chi connectivity index (χ4n) is 15.8. The molecule has 1 saturated carbocycles. The molecule has 0 bridgehead atoms. The molecule has 3 aliphatic rings. The summed E-state index contributed by atoms with van der Waals surface area (Å²) in [5.41, 5.74) is 16.6. The van der Waals surface area contributed by atoms with Gasteiger partial charge in [0.2, 0.25) is 59.1 Å². The lowest BCUT2D eigenvalue weighted by molar-refractivity contribution is -0.150. The number of piperidine rings is 1. The highest BCUT2D eigenvalue weighted by molar-refractivity contribution is 5.99. The average molecular weight is 1670 g/mol. The average Bonchev–Trinajstić information content (AvgIpc) is 1.68. The van der Waals surface area contributed by atoms with E-state index in [2.05, 4.69) is 43.8 Å². The second-order valence-corrected chi connectivity index (χ2v) is 34.0. The van der Waals surface area contributed by atoms with Crippen molar-refractivity contribution in [1.82, 2.24) is 51.5 Å². The monoisotopic (exact) mass is 1670 g/mol. The Hall–Kier alpha value is -9.11. The molecule has 0 unspecified atom stereocenters. The van der Waals surface area contributed by atoms with Crippen molar-refractivity contribution in [2.75, 3.05) is 53.9 Å². The number of ether oxygens (including phenoxy) is 1. The minimum absolute atomic E-state index is 0.0185. The quantitative estimate of drug-likeness (QED) is 0.0147. The van der Waals surface area contributed by atoms with Crippen LogP contribution in [0, 0.1) is 29.6 Å². The van der Waals surface area contributed by atoms with Crippen LogP contribution in [0.4, 0.5) is 0 Å².